The number of amides is 2. The van der Waals surface area contributed by atoms with Crippen molar-refractivity contribution in [1.82, 2.24) is 10.6 Å². The van der Waals surface area contributed by atoms with E-state index in [1.807, 2.05) is 0 Å². The Morgan fingerprint density at radius 1 is 0.477 bits per heavy atom. The number of carbonyl (C=O) groups excluding carboxylic acids is 2. The molecule has 0 aliphatic carbocycles. The number of unbranched alkanes of at least 4 members (excludes halogenated alkanes) is 23. The molecular weight excluding hydrogens is 556 g/mol. The van der Waals surface area contributed by atoms with Gasteiger partial charge in [-0.05, 0) is 25.7 Å². The molecular formula is C36H68N2O6. The van der Waals surface area contributed by atoms with Crippen molar-refractivity contribution in [2.75, 3.05) is 6.54 Å². The molecule has 1 atom stereocenters. The topological polar surface area (TPSA) is 133 Å². The van der Waals surface area contributed by atoms with E-state index in [1.54, 1.807) is 0 Å². The molecule has 8 heteroatoms. The lowest BCUT2D eigenvalue weighted by atomic mass is 10.0. The Morgan fingerprint density at radius 2 is 0.864 bits per heavy atom. The van der Waals surface area contributed by atoms with Crippen LogP contribution in [0.2, 0.25) is 0 Å². The molecule has 0 aromatic carbocycles. The fourth-order valence-electron chi connectivity index (χ4n) is 5.59. The second kappa shape index (κ2) is 32.3. The van der Waals surface area contributed by atoms with Gasteiger partial charge in [-0.1, -0.05) is 148 Å². The van der Waals surface area contributed by atoms with Crippen LogP contribution < -0.4 is 10.6 Å². The van der Waals surface area contributed by atoms with E-state index >= 15 is 0 Å². The smallest absolute Gasteiger partial charge is 0.326 e. The Kier molecular flexibility index (Phi) is 30.7. The van der Waals surface area contributed by atoms with Crippen molar-refractivity contribution in [3.05, 3.63) is 0 Å². The van der Waals surface area contributed by atoms with E-state index in [-0.39, 0.29) is 24.7 Å². The maximum absolute atomic E-state index is 12.3. The molecule has 0 aliphatic rings. The zero-order chi connectivity index (χ0) is 32.5. The van der Waals surface area contributed by atoms with Gasteiger partial charge in [-0.2, -0.15) is 0 Å². The fourth-order valence-corrected chi connectivity index (χ4v) is 5.59. The number of hydrogen-bond acceptors (Lipinski definition) is 4. The number of carbonyl (C=O) groups is 4. The van der Waals surface area contributed by atoms with Crippen LogP contribution in [0.25, 0.3) is 0 Å². The van der Waals surface area contributed by atoms with Crippen LogP contribution in [0.15, 0.2) is 0 Å². The minimum atomic E-state index is -1.09. The van der Waals surface area contributed by atoms with Gasteiger partial charge in [-0.15, -0.1) is 0 Å². The molecule has 0 radical (unpaired) electrons. The molecule has 0 rings (SSSR count). The SMILES string of the molecule is CCCCCCCCCNC(=O)CCC(NC(=O)CCCCCCCCCCCCCCCCCCCCC(=O)O)C(=O)O. The molecule has 0 saturated heterocycles. The highest BCUT2D eigenvalue weighted by Crippen LogP contribution is 2.15. The first kappa shape index (κ1) is 41.9. The minimum Gasteiger partial charge on any atom is -0.481 e. The molecule has 0 saturated carbocycles. The van der Waals surface area contributed by atoms with Crippen LogP contribution in [0.4, 0.5) is 0 Å². The summed E-state index contributed by atoms with van der Waals surface area (Å²) in [5.41, 5.74) is 0. The molecule has 0 spiro atoms. The molecule has 44 heavy (non-hydrogen) atoms. The molecule has 8 nitrogen and oxygen atoms in total. The van der Waals surface area contributed by atoms with E-state index in [0.29, 0.717) is 19.4 Å². The summed E-state index contributed by atoms with van der Waals surface area (Å²) in [6.07, 6.45) is 30.4. The summed E-state index contributed by atoms with van der Waals surface area (Å²) in [6, 6.07) is -1.01. The van der Waals surface area contributed by atoms with Gasteiger partial charge in [0.25, 0.3) is 0 Å². The van der Waals surface area contributed by atoms with E-state index < -0.39 is 18.0 Å². The third-order valence-electron chi connectivity index (χ3n) is 8.44. The predicted octanol–water partition coefficient (Wildman–Crippen LogP) is 9.09. The predicted molar refractivity (Wildman–Crippen MR) is 180 cm³/mol. The summed E-state index contributed by atoms with van der Waals surface area (Å²) in [4.78, 5) is 46.4. The maximum Gasteiger partial charge on any atom is 0.326 e. The standard InChI is InChI=1S/C36H68N2O6/c1-2-3-4-5-20-23-26-31-37-33(39)30-29-32(36(43)44)38-34(40)27-24-21-18-16-14-12-10-8-6-7-9-11-13-15-17-19-22-25-28-35(41)42/h32H,2-31H2,1H3,(H,37,39)(H,38,40)(H,41,42)(H,43,44). The number of nitrogens with one attached hydrogen (secondary N) is 2. The molecule has 1 unspecified atom stereocenters. The molecule has 4 N–H and O–H groups in total. The van der Waals surface area contributed by atoms with E-state index in [2.05, 4.69) is 17.6 Å². The normalized spacial score (nSPS) is 11.8. The lowest BCUT2D eigenvalue weighted by Gasteiger charge is -2.14. The van der Waals surface area contributed by atoms with Gasteiger partial charge in [-0.3, -0.25) is 14.4 Å². The highest BCUT2D eigenvalue weighted by atomic mass is 16.4. The van der Waals surface area contributed by atoms with Gasteiger partial charge >= 0.3 is 11.9 Å². The van der Waals surface area contributed by atoms with Crippen LogP contribution in [0.3, 0.4) is 0 Å². The first-order chi connectivity index (χ1) is 21.4. The highest BCUT2D eigenvalue weighted by molar-refractivity contribution is 5.84. The Labute approximate surface area is 269 Å². The molecule has 0 aliphatic heterocycles. The van der Waals surface area contributed by atoms with Gasteiger partial charge in [0, 0.05) is 25.8 Å². The summed E-state index contributed by atoms with van der Waals surface area (Å²) < 4.78 is 0. The quantitative estimate of drug-likeness (QED) is 0.0528. The lowest BCUT2D eigenvalue weighted by molar-refractivity contribution is -0.142. The molecule has 0 aromatic heterocycles. The summed E-state index contributed by atoms with van der Waals surface area (Å²) >= 11 is 0. The molecule has 258 valence electrons. The van der Waals surface area contributed by atoms with Crippen molar-refractivity contribution in [2.24, 2.45) is 0 Å². The zero-order valence-corrected chi connectivity index (χ0v) is 28.3. The van der Waals surface area contributed by atoms with Gasteiger partial charge in [0.1, 0.15) is 6.04 Å². The van der Waals surface area contributed by atoms with E-state index in [9.17, 15) is 24.3 Å². The van der Waals surface area contributed by atoms with E-state index in [1.165, 1.54) is 109 Å². The van der Waals surface area contributed by atoms with E-state index in [0.717, 1.165) is 51.4 Å². The van der Waals surface area contributed by atoms with Crippen molar-refractivity contribution in [3.63, 3.8) is 0 Å². The minimum absolute atomic E-state index is 0.105. The van der Waals surface area contributed by atoms with Gasteiger partial charge < -0.3 is 20.8 Å². The highest BCUT2D eigenvalue weighted by Gasteiger charge is 2.20. The van der Waals surface area contributed by atoms with Crippen molar-refractivity contribution >= 4 is 23.8 Å². The van der Waals surface area contributed by atoms with Crippen molar-refractivity contribution in [3.8, 4) is 0 Å². The first-order valence-corrected chi connectivity index (χ1v) is 18.4. The number of rotatable bonds is 34. The number of hydrogen-bond donors (Lipinski definition) is 4. The second-order valence-corrected chi connectivity index (χ2v) is 12.7. The molecule has 0 bridgehead atoms. The average Bonchev–Trinajstić information content (AvgIpc) is 2.99. The van der Waals surface area contributed by atoms with Crippen molar-refractivity contribution in [1.29, 1.82) is 0 Å². The number of carboxylic acid groups (broad SMARTS) is 2. The lowest BCUT2D eigenvalue weighted by Crippen LogP contribution is -2.41. The van der Waals surface area contributed by atoms with Gasteiger partial charge in [-0.25, -0.2) is 4.79 Å². The summed E-state index contributed by atoms with van der Waals surface area (Å²) in [5.74, 6) is -2.16. The van der Waals surface area contributed by atoms with Gasteiger partial charge in [0.15, 0.2) is 0 Å². The van der Waals surface area contributed by atoms with Crippen LogP contribution in [0.5, 0.6) is 0 Å². The Bertz CT molecular complexity index is 715. The third-order valence-corrected chi connectivity index (χ3v) is 8.44. The summed E-state index contributed by atoms with van der Waals surface area (Å²) in [7, 11) is 0. The maximum atomic E-state index is 12.3. The van der Waals surface area contributed by atoms with Gasteiger partial charge in [0.2, 0.25) is 11.8 Å². The molecule has 0 heterocycles. The average molecular weight is 625 g/mol. The van der Waals surface area contributed by atoms with Crippen LogP contribution >= 0.6 is 0 Å². The summed E-state index contributed by atoms with van der Waals surface area (Å²) in [6.45, 7) is 2.83. The van der Waals surface area contributed by atoms with Gasteiger partial charge in [0.05, 0.1) is 0 Å². The van der Waals surface area contributed by atoms with E-state index in [4.69, 9.17) is 5.11 Å². The first-order valence-electron chi connectivity index (χ1n) is 18.4. The molecule has 2 amide bonds. The third kappa shape index (κ3) is 31.3. The Morgan fingerprint density at radius 3 is 1.27 bits per heavy atom. The van der Waals surface area contributed by atoms with Crippen LogP contribution in [0, 0.1) is 0 Å². The molecule has 0 fully saturated rings. The van der Waals surface area contributed by atoms with Crippen LogP contribution in [-0.2, 0) is 19.2 Å². The largest absolute Gasteiger partial charge is 0.481 e. The van der Waals surface area contributed by atoms with Crippen molar-refractivity contribution in [2.45, 2.75) is 199 Å². The van der Waals surface area contributed by atoms with Crippen LogP contribution in [0.1, 0.15) is 193 Å². The fraction of sp³-hybridized carbons (Fsp3) is 0.889. The Hall–Kier alpha value is -2.12. The zero-order valence-electron chi connectivity index (χ0n) is 28.3. The monoisotopic (exact) mass is 625 g/mol. The number of aliphatic carboxylic acids is 2. The van der Waals surface area contributed by atoms with Crippen LogP contribution in [-0.4, -0.2) is 46.6 Å². The molecule has 0 aromatic rings. The summed E-state index contributed by atoms with van der Waals surface area (Å²) in [5, 5.41) is 23.6. The van der Waals surface area contributed by atoms with Crippen molar-refractivity contribution < 1.29 is 29.4 Å². The number of carboxylic acids is 2. The Balaban J connectivity index is 3.56. The second-order valence-electron chi connectivity index (χ2n) is 12.7.